The summed E-state index contributed by atoms with van der Waals surface area (Å²) in [7, 11) is 0. The van der Waals surface area contributed by atoms with Crippen molar-refractivity contribution in [2.75, 3.05) is 26.2 Å². The average molecular weight is 276 g/mol. The fraction of sp³-hybridized carbons (Fsp3) is 0.571. The number of amides is 2. The summed E-state index contributed by atoms with van der Waals surface area (Å²) < 4.78 is 0. The molecule has 0 spiro atoms. The van der Waals surface area contributed by atoms with Crippen LogP contribution in [0.3, 0.4) is 0 Å². The van der Waals surface area contributed by atoms with E-state index >= 15 is 0 Å². The van der Waals surface area contributed by atoms with E-state index in [2.05, 4.69) is 24.0 Å². The number of piperazine rings is 1. The molecule has 0 bridgehead atoms. The molecule has 1 aromatic heterocycles. The van der Waals surface area contributed by atoms with Crippen molar-refractivity contribution < 1.29 is 9.59 Å². The van der Waals surface area contributed by atoms with Crippen molar-refractivity contribution in [3.63, 3.8) is 0 Å². The quantitative estimate of drug-likeness (QED) is 0.805. The normalized spacial score (nSPS) is 15.6. The fourth-order valence-electron chi connectivity index (χ4n) is 2.19. The van der Waals surface area contributed by atoms with Crippen molar-refractivity contribution in [1.29, 1.82) is 0 Å². The van der Waals surface area contributed by atoms with E-state index in [0.29, 0.717) is 37.8 Å². The molecule has 2 heterocycles. The molecular formula is C14H20N4O2. The predicted octanol–water partition coefficient (Wildman–Crippen LogP) is 0.904. The van der Waals surface area contributed by atoms with E-state index in [4.69, 9.17) is 0 Å². The van der Waals surface area contributed by atoms with Crippen molar-refractivity contribution in [3.05, 3.63) is 23.5 Å². The van der Waals surface area contributed by atoms with Crippen molar-refractivity contribution in [2.24, 2.45) is 0 Å². The van der Waals surface area contributed by atoms with Gasteiger partial charge in [-0.3, -0.25) is 9.59 Å². The Morgan fingerprint density at radius 1 is 1.15 bits per heavy atom. The van der Waals surface area contributed by atoms with E-state index in [1.54, 1.807) is 29.0 Å². The standard InChI is InChI=1S/C14H20N4O2/c1-10(2)12-8-13(16-15-9-12)14(20)18-6-4-17(5-7-18)11(3)19/h8-10H,4-7H2,1-3H3. The Bertz CT molecular complexity index is 508. The van der Waals surface area contributed by atoms with Gasteiger partial charge in [0.2, 0.25) is 5.91 Å². The van der Waals surface area contributed by atoms with E-state index in [0.717, 1.165) is 5.56 Å². The molecule has 0 radical (unpaired) electrons. The lowest BCUT2D eigenvalue weighted by atomic mass is 10.1. The molecule has 20 heavy (non-hydrogen) atoms. The van der Waals surface area contributed by atoms with Crippen LogP contribution in [0.5, 0.6) is 0 Å². The Morgan fingerprint density at radius 2 is 1.75 bits per heavy atom. The Morgan fingerprint density at radius 3 is 2.30 bits per heavy atom. The summed E-state index contributed by atoms with van der Waals surface area (Å²) in [5.74, 6) is 0.258. The molecule has 6 nitrogen and oxygen atoms in total. The predicted molar refractivity (Wildman–Crippen MR) is 74.3 cm³/mol. The van der Waals surface area contributed by atoms with Gasteiger partial charge in [-0.2, -0.15) is 5.10 Å². The third-order valence-corrected chi connectivity index (χ3v) is 3.57. The van der Waals surface area contributed by atoms with Crippen molar-refractivity contribution >= 4 is 11.8 Å². The summed E-state index contributed by atoms with van der Waals surface area (Å²) in [5, 5.41) is 7.83. The van der Waals surface area contributed by atoms with Crippen LogP contribution in [0.1, 0.15) is 42.7 Å². The molecule has 0 N–H and O–H groups in total. The van der Waals surface area contributed by atoms with Gasteiger partial charge in [-0.1, -0.05) is 13.8 Å². The lowest BCUT2D eigenvalue weighted by Gasteiger charge is -2.33. The molecule has 6 heteroatoms. The maximum atomic E-state index is 12.4. The molecule has 0 aliphatic carbocycles. The first kappa shape index (κ1) is 14.4. The van der Waals surface area contributed by atoms with Gasteiger partial charge in [0.15, 0.2) is 5.69 Å². The van der Waals surface area contributed by atoms with Gasteiger partial charge in [0.1, 0.15) is 0 Å². The molecule has 0 aromatic carbocycles. The third kappa shape index (κ3) is 3.12. The maximum absolute atomic E-state index is 12.4. The highest BCUT2D eigenvalue weighted by Gasteiger charge is 2.24. The first-order chi connectivity index (χ1) is 9.49. The van der Waals surface area contributed by atoms with Gasteiger partial charge in [-0.15, -0.1) is 5.10 Å². The second-order valence-electron chi connectivity index (χ2n) is 5.33. The van der Waals surface area contributed by atoms with E-state index in [-0.39, 0.29) is 11.8 Å². The van der Waals surface area contributed by atoms with Crippen LogP contribution in [0, 0.1) is 0 Å². The second kappa shape index (κ2) is 5.98. The molecule has 0 saturated carbocycles. The van der Waals surface area contributed by atoms with E-state index < -0.39 is 0 Å². The van der Waals surface area contributed by atoms with E-state index in [9.17, 15) is 9.59 Å². The molecule has 1 aliphatic rings. The minimum absolute atomic E-state index is 0.0543. The molecule has 1 aromatic rings. The molecule has 2 rings (SSSR count). The summed E-state index contributed by atoms with van der Waals surface area (Å²) in [6.45, 7) is 7.91. The van der Waals surface area contributed by atoms with E-state index in [1.807, 2.05) is 0 Å². The molecule has 108 valence electrons. The Labute approximate surface area is 118 Å². The molecular weight excluding hydrogens is 256 g/mol. The Kier molecular flexibility index (Phi) is 4.32. The third-order valence-electron chi connectivity index (χ3n) is 3.57. The number of carbonyl (C=O) groups excluding carboxylic acids is 2. The summed E-state index contributed by atoms with van der Waals surface area (Å²) in [4.78, 5) is 27.1. The largest absolute Gasteiger partial charge is 0.339 e. The second-order valence-corrected chi connectivity index (χ2v) is 5.33. The smallest absolute Gasteiger partial charge is 0.274 e. The zero-order valence-corrected chi connectivity index (χ0v) is 12.2. The van der Waals surface area contributed by atoms with Crippen LogP contribution in [0.25, 0.3) is 0 Å². The molecule has 0 unspecified atom stereocenters. The molecule has 1 fully saturated rings. The zero-order chi connectivity index (χ0) is 14.7. The lowest BCUT2D eigenvalue weighted by Crippen LogP contribution is -2.50. The van der Waals surface area contributed by atoms with Gasteiger partial charge >= 0.3 is 0 Å². The van der Waals surface area contributed by atoms with Crippen molar-refractivity contribution in [3.8, 4) is 0 Å². The van der Waals surface area contributed by atoms with Gasteiger partial charge in [-0.05, 0) is 17.5 Å². The van der Waals surface area contributed by atoms with Gasteiger partial charge in [0.25, 0.3) is 5.91 Å². The number of nitrogens with zero attached hydrogens (tertiary/aromatic N) is 4. The summed E-state index contributed by atoms with van der Waals surface area (Å²) in [5.41, 5.74) is 1.39. The van der Waals surface area contributed by atoms with Gasteiger partial charge in [0.05, 0.1) is 6.20 Å². The molecule has 1 saturated heterocycles. The van der Waals surface area contributed by atoms with Crippen molar-refractivity contribution in [1.82, 2.24) is 20.0 Å². The number of carbonyl (C=O) groups is 2. The van der Waals surface area contributed by atoms with Crippen LogP contribution in [-0.4, -0.2) is 58.0 Å². The maximum Gasteiger partial charge on any atom is 0.274 e. The first-order valence-corrected chi connectivity index (χ1v) is 6.86. The van der Waals surface area contributed by atoms with Crippen LogP contribution >= 0.6 is 0 Å². The molecule has 1 aliphatic heterocycles. The minimum Gasteiger partial charge on any atom is -0.339 e. The number of rotatable bonds is 2. The summed E-state index contributed by atoms with van der Waals surface area (Å²) in [6.07, 6.45) is 1.69. The number of hydrogen-bond donors (Lipinski definition) is 0. The molecule has 0 atom stereocenters. The monoisotopic (exact) mass is 276 g/mol. The highest BCUT2D eigenvalue weighted by Crippen LogP contribution is 2.14. The zero-order valence-electron chi connectivity index (χ0n) is 12.2. The summed E-state index contributed by atoms with van der Waals surface area (Å²) >= 11 is 0. The topological polar surface area (TPSA) is 66.4 Å². The van der Waals surface area contributed by atoms with Crippen LogP contribution < -0.4 is 0 Å². The van der Waals surface area contributed by atoms with Crippen LogP contribution in [0.15, 0.2) is 12.3 Å². The van der Waals surface area contributed by atoms with E-state index in [1.165, 1.54) is 0 Å². The SMILES string of the molecule is CC(=O)N1CCN(C(=O)c2cc(C(C)C)cnn2)CC1. The van der Waals surface area contributed by atoms with Crippen LogP contribution in [-0.2, 0) is 4.79 Å². The highest BCUT2D eigenvalue weighted by atomic mass is 16.2. The van der Waals surface area contributed by atoms with Gasteiger partial charge in [-0.25, -0.2) is 0 Å². The number of hydrogen-bond acceptors (Lipinski definition) is 4. The lowest BCUT2D eigenvalue weighted by molar-refractivity contribution is -0.130. The van der Waals surface area contributed by atoms with Crippen LogP contribution in [0.4, 0.5) is 0 Å². The minimum atomic E-state index is -0.108. The van der Waals surface area contributed by atoms with Gasteiger partial charge < -0.3 is 9.80 Å². The van der Waals surface area contributed by atoms with Crippen LogP contribution in [0.2, 0.25) is 0 Å². The molecule has 2 amide bonds. The van der Waals surface area contributed by atoms with Gasteiger partial charge in [0, 0.05) is 33.1 Å². The Balaban J connectivity index is 2.05. The first-order valence-electron chi connectivity index (χ1n) is 6.86. The number of aromatic nitrogens is 2. The highest BCUT2D eigenvalue weighted by molar-refractivity contribution is 5.92. The average Bonchev–Trinajstić information content (AvgIpc) is 2.46. The van der Waals surface area contributed by atoms with Crippen molar-refractivity contribution in [2.45, 2.75) is 26.7 Å². The fourth-order valence-corrected chi connectivity index (χ4v) is 2.19. The Hall–Kier alpha value is -1.98. The summed E-state index contributed by atoms with van der Waals surface area (Å²) in [6, 6.07) is 1.80.